The maximum absolute atomic E-state index is 5.96. The van der Waals surface area contributed by atoms with Gasteiger partial charge < -0.3 is 10.6 Å². The highest BCUT2D eigenvalue weighted by molar-refractivity contribution is 9.11. The predicted molar refractivity (Wildman–Crippen MR) is 68.3 cm³/mol. The summed E-state index contributed by atoms with van der Waals surface area (Å²) >= 11 is 6.89. The normalized spacial score (nSPS) is 10.9. The number of hydrogen-bond acceptors (Lipinski definition) is 2. The van der Waals surface area contributed by atoms with E-state index in [1.807, 2.05) is 6.07 Å². The number of nitrogen functional groups attached to an aromatic ring is 1. The standard InChI is InChI=1S/C10H14Br2N2/c1-3-14(2)6-7-4-8(11)5-9(12)10(7)13/h4-5H,3,6,13H2,1-2H3. The van der Waals surface area contributed by atoms with Crippen LogP contribution in [0.1, 0.15) is 12.5 Å². The van der Waals surface area contributed by atoms with Crippen LogP contribution in [-0.4, -0.2) is 18.5 Å². The molecular formula is C10H14Br2N2. The van der Waals surface area contributed by atoms with Gasteiger partial charge in [-0.25, -0.2) is 0 Å². The molecule has 14 heavy (non-hydrogen) atoms. The van der Waals surface area contributed by atoms with E-state index in [1.54, 1.807) is 0 Å². The Labute approximate surface area is 102 Å². The van der Waals surface area contributed by atoms with Gasteiger partial charge in [-0.2, -0.15) is 0 Å². The van der Waals surface area contributed by atoms with Gasteiger partial charge >= 0.3 is 0 Å². The molecule has 0 unspecified atom stereocenters. The maximum Gasteiger partial charge on any atom is 0.0504 e. The summed E-state index contributed by atoms with van der Waals surface area (Å²) in [6.07, 6.45) is 0. The molecule has 0 saturated carbocycles. The lowest BCUT2D eigenvalue weighted by molar-refractivity contribution is 0.346. The maximum atomic E-state index is 5.96. The van der Waals surface area contributed by atoms with Crippen molar-refractivity contribution in [2.24, 2.45) is 0 Å². The van der Waals surface area contributed by atoms with E-state index in [4.69, 9.17) is 5.73 Å². The Bertz CT molecular complexity index is 326. The van der Waals surface area contributed by atoms with Crippen LogP contribution < -0.4 is 5.73 Å². The molecule has 0 spiro atoms. The second kappa shape index (κ2) is 5.14. The van der Waals surface area contributed by atoms with Crippen molar-refractivity contribution in [2.45, 2.75) is 13.5 Å². The average Bonchev–Trinajstić information content (AvgIpc) is 2.13. The van der Waals surface area contributed by atoms with Gasteiger partial charge in [0.1, 0.15) is 0 Å². The van der Waals surface area contributed by atoms with E-state index >= 15 is 0 Å². The minimum atomic E-state index is 0.827. The summed E-state index contributed by atoms with van der Waals surface area (Å²) in [5, 5.41) is 0. The smallest absolute Gasteiger partial charge is 0.0504 e. The molecule has 2 nitrogen and oxygen atoms in total. The number of nitrogens with two attached hydrogens (primary N) is 1. The van der Waals surface area contributed by atoms with Crippen LogP contribution in [0.15, 0.2) is 21.1 Å². The number of anilines is 1. The molecule has 0 aliphatic heterocycles. The second-order valence-electron chi connectivity index (χ2n) is 3.29. The third-order valence-corrected chi connectivity index (χ3v) is 3.27. The molecule has 0 radical (unpaired) electrons. The van der Waals surface area contributed by atoms with Gasteiger partial charge in [-0.05, 0) is 47.2 Å². The van der Waals surface area contributed by atoms with Crippen molar-refractivity contribution >= 4 is 37.5 Å². The lowest BCUT2D eigenvalue weighted by atomic mass is 10.2. The topological polar surface area (TPSA) is 29.3 Å². The van der Waals surface area contributed by atoms with Crippen LogP contribution in [0.4, 0.5) is 5.69 Å². The Morgan fingerprint density at radius 2 is 2.00 bits per heavy atom. The summed E-state index contributed by atoms with van der Waals surface area (Å²) in [5.41, 5.74) is 7.94. The van der Waals surface area contributed by atoms with Gasteiger partial charge in [0.2, 0.25) is 0 Å². The number of hydrogen-bond donors (Lipinski definition) is 1. The fourth-order valence-corrected chi connectivity index (χ4v) is 2.49. The highest BCUT2D eigenvalue weighted by Gasteiger charge is 2.06. The molecule has 4 heteroatoms. The first-order chi connectivity index (χ1) is 6.54. The first kappa shape index (κ1) is 12.0. The van der Waals surface area contributed by atoms with Crippen LogP contribution >= 0.6 is 31.9 Å². The zero-order chi connectivity index (χ0) is 10.7. The van der Waals surface area contributed by atoms with E-state index in [0.717, 1.165) is 33.3 Å². The van der Waals surface area contributed by atoms with Crippen LogP contribution in [0.5, 0.6) is 0 Å². The van der Waals surface area contributed by atoms with Crippen molar-refractivity contribution in [2.75, 3.05) is 19.3 Å². The molecule has 0 aromatic heterocycles. The largest absolute Gasteiger partial charge is 0.398 e. The van der Waals surface area contributed by atoms with Gasteiger partial charge in [0, 0.05) is 15.5 Å². The Morgan fingerprint density at radius 1 is 1.36 bits per heavy atom. The molecule has 0 bridgehead atoms. The molecule has 0 heterocycles. The third-order valence-electron chi connectivity index (χ3n) is 2.16. The van der Waals surface area contributed by atoms with Crippen LogP contribution in [0.2, 0.25) is 0 Å². The first-order valence-electron chi connectivity index (χ1n) is 4.46. The van der Waals surface area contributed by atoms with Gasteiger partial charge in [-0.3, -0.25) is 0 Å². The molecule has 0 amide bonds. The lowest BCUT2D eigenvalue weighted by Crippen LogP contribution is -2.17. The number of benzene rings is 1. The molecule has 0 aliphatic carbocycles. The van der Waals surface area contributed by atoms with Gasteiger partial charge in [-0.15, -0.1) is 0 Å². The highest BCUT2D eigenvalue weighted by Crippen LogP contribution is 2.28. The quantitative estimate of drug-likeness (QED) is 0.866. The summed E-state index contributed by atoms with van der Waals surface area (Å²) in [6, 6.07) is 4.02. The van der Waals surface area contributed by atoms with Crippen molar-refractivity contribution in [1.82, 2.24) is 4.90 Å². The van der Waals surface area contributed by atoms with E-state index in [2.05, 4.69) is 56.8 Å². The van der Waals surface area contributed by atoms with Crippen LogP contribution in [-0.2, 0) is 6.54 Å². The fourth-order valence-electron chi connectivity index (χ4n) is 1.17. The van der Waals surface area contributed by atoms with Crippen LogP contribution in [0, 0.1) is 0 Å². The molecule has 0 atom stereocenters. The molecule has 2 N–H and O–H groups in total. The first-order valence-corrected chi connectivity index (χ1v) is 6.05. The summed E-state index contributed by atoms with van der Waals surface area (Å²) in [5.74, 6) is 0. The Morgan fingerprint density at radius 3 is 2.57 bits per heavy atom. The molecule has 1 aromatic rings. The molecule has 0 aliphatic rings. The van der Waals surface area contributed by atoms with Gasteiger partial charge in [0.25, 0.3) is 0 Å². The fraction of sp³-hybridized carbons (Fsp3) is 0.400. The van der Waals surface area contributed by atoms with Gasteiger partial charge in [-0.1, -0.05) is 22.9 Å². The van der Waals surface area contributed by atoms with Crippen LogP contribution in [0.3, 0.4) is 0 Å². The zero-order valence-electron chi connectivity index (χ0n) is 8.35. The summed E-state index contributed by atoms with van der Waals surface area (Å²) in [4.78, 5) is 2.21. The predicted octanol–water partition coefficient (Wildman–Crippen LogP) is 3.25. The molecule has 0 saturated heterocycles. The molecular weight excluding hydrogens is 308 g/mol. The number of nitrogens with zero attached hydrogens (tertiary/aromatic N) is 1. The molecule has 0 fully saturated rings. The SMILES string of the molecule is CCN(C)Cc1cc(Br)cc(Br)c1N. The summed E-state index contributed by atoms with van der Waals surface area (Å²) in [6.45, 7) is 4.02. The average molecular weight is 322 g/mol. The molecule has 78 valence electrons. The highest BCUT2D eigenvalue weighted by atomic mass is 79.9. The van der Waals surface area contributed by atoms with Crippen molar-refractivity contribution in [3.05, 3.63) is 26.6 Å². The van der Waals surface area contributed by atoms with E-state index in [1.165, 1.54) is 0 Å². The third kappa shape index (κ3) is 2.97. The monoisotopic (exact) mass is 320 g/mol. The van der Waals surface area contributed by atoms with E-state index < -0.39 is 0 Å². The van der Waals surface area contributed by atoms with Crippen molar-refractivity contribution in [3.63, 3.8) is 0 Å². The van der Waals surface area contributed by atoms with Crippen molar-refractivity contribution < 1.29 is 0 Å². The molecule has 1 rings (SSSR count). The Kier molecular flexibility index (Phi) is 4.41. The minimum Gasteiger partial charge on any atom is -0.398 e. The summed E-state index contributed by atoms with van der Waals surface area (Å²) < 4.78 is 2.00. The van der Waals surface area contributed by atoms with E-state index in [9.17, 15) is 0 Å². The number of halogens is 2. The Hall–Kier alpha value is -0.0600. The summed E-state index contributed by atoms with van der Waals surface area (Å²) in [7, 11) is 2.08. The van der Waals surface area contributed by atoms with E-state index in [0.29, 0.717) is 0 Å². The minimum absolute atomic E-state index is 0.827. The molecule has 1 aromatic carbocycles. The van der Waals surface area contributed by atoms with Gasteiger partial charge in [0.15, 0.2) is 0 Å². The lowest BCUT2D eigenvalue weighted by Gasteiger charge is -2.16. The number of rotatable bonds is 3. The van der Waals surface area contributed by atoms with Crippen LogP contribution in [0.25, 0.3) is 0 Å². The van der Waals surface area contributed by atoms with E-state index in [-0.39, 0.29) is 0 Å². The Balaban J connectivity index is 2.96. The zero-order valence-corrected chi connectivity index (χ0v) is 11.5. The van der Waals surface area contributed by atoms with Gasteiger partial charge in [0.05, 0.1) is 5.69 Å². The second-order valence-corrected chi connectivity index (χ2v) is 5.06. The van der Waals surface area contributed by atoms with Crippen molar-refractivity contribution in [1.29, 1.82) is 0 Å². The van der Waals surface area contributed by atoms with Crippen molar-refractivity contribution in [3.8, 4) is 0 Å².